The normalized spacial score (nSPS) is 13.7. The molecule has 0 amide bonds. The molecule has 1 N–H and O–H groups in total. The Bertz CT molecular complexity index is 493. The smallest absolute Gasteiger partial charge is 0.175 e. The second kappa shape index (κ2) is 7.06. The summed E-state index contributed by atoms with van der Waals surface area (Å²) in [5, 5.41) is 3.30. The Balaban J connectivity index is 2.99. The quantitative estimate of drug-likeness (QED) is 0.836. The molecular formula is C15H25NO2S. The highest BCUT2D eigenvalue weighted by Crippen LogP contribution is 2.26. The topological polar surface area (TPSA) is 46.2 Å². The van der Waals surface area contributed by atoms with E-state index in [9.17, 15) is 8.42 Å². The third-order valence-electron chi connectivity index (χ3n) is 3.76. The van der Waals surface area contributed by atoms with Crippen LogP contribution in [0.1, 0.15) is 44.7 Å². The number of hydrogen-bond acceptors (Lipinski definition) is 3. The third-order valence-corrected chi connectivity index (χ3v) is 4.87. The average Bonchev–Trinajstić information content (AvgIpc) is 2.39. The van der Waals surface area contributed by atoms with Crippen molar-refractivity contribution in [3.63, 3.8) is 0 Å². The van der Waals surface area contributed by atoms with Gasteiger partial charge in [0, 0.05) is 12.3 Å². The van der Waals surface area contributed by atoms with Crippen molar-refractivity contribution in [2.24, 2.45) is 5.92 Å². The van der Waals surface area contributed by atoms with Gasteiger partial charge in [-0.1, -0.05) is 38.8 Å². The summed E-state index contributed by atoms with van der Waals surface area (Å²) in [6.07, 6.45) is 4.60. The molecule has 0 aliphatic heterocycles. The van der Waals surface area contributed by atoms with E-state index in [1.165, 1.54) is 6.26 Å². The van der Waals surface area contributed by atoms with Crippen LogP contribution in [-0.4, -0.2) is 21.7 Å². The minimum absolute atomic E-state index is 0.214. The zero-order valence-electron chi connectivity index (χ0n) is 12.3. The predicted molar refractivity (Wildman–Crippen MR) is 80.0 cm³/mol. The molecule has 1 aromatic rings. The van der Waals surface area contributed by atoms with Crippen molar-refractivity contribution in [3.8, 4) is 0 Å². The van der Waals surface area contributed by atoms with Crippen LogP contribution in [0.2, 0.25) is 0 Å². The van der Waals surface area contributed by atoms with E-state index in [4.69, 9.17) is 0 Å². The van der Waals surface area contributed by atoms with E-state index < -0.39 is 9.84 Å². The molecule has 1 rings (SSSR count). The van der Waals surface area contributed by atoms with Crippen molar-refractivity contribution in [2.75, 3.05) is 13.3 Å². The molecule has 108 valence electrons. The molecule has 3 nitrogen and oxygen atoms in total. The lowest BCUT2D eigenvalue weighted by Crippen LogP contribution is -2.20. The second-order valence-corrected chi connectivity index (χ2v) is 7.12. The van der Waals surface area contributed by atoms with Crippen LogP contribution in [0.4, 0.5) is 0 Å². The van der Waals surface area contributed by atoms with Gasteiger partial charge in [-0.3, -0.25) is 0 Å². The summed E-state index contributed by atoms with van der Waals surface area (Å²) in [5.74, 6) is 0.666. The maximum Gasteiger partial charge on any atom is 0.175 e. The Labute approximate surface area is 117 Å². The fourth-order valence-electron chi connectivity index (χ4n) is 2.34. The van der Waals surface area contributed by atoms with Crippen molar-refractivity contribution in [1.29, 1.82) is 0 Å². The highest BCUT2D eigenvalue weighted by molar-refractivity contribution is 7.90. The maximum atomic E-state index is 11.6. The molecule has 0 heterocycles. The van der Waals surface area contributed by atoms with Gasteiger partial charge in [-0.2, -0.15) is 0 Å². The Morgan fingerprint density at radius 2 is 1.84 bits per heavy atom. The molecule has 0 spiro atoms. The fraction of sp³-hybridized carbons (Fsp3) is 0.600. The van der Waals surface area contributed by atoms with E-state index in [1.807, 2.05) is 19.2 Å². The monoisotopic (exact) mass is 283 g/mol. The molecule has 19 heavy (non-hydrogen) atoms. The molecule has 0 saturated carbocycles. The Morgan fingerprint density at radius 1 is 1.21 bits per heavy atom. The van der Waals surface area contributed by atoms with Crippen molar-refractivity contribution in [1.82, 2.24) is 5.32 Å². The summed E-state index contributed by atoms with van der Waals surface area (Å²) in [7, 11) is -1.20. The molecule has 0 aliphatic rings. The summed E-state index contributed by atoms with van der Waals surface area (Å²) in [6, 6.07) is 7.48. The number of nitrogens with one attached hydrogen (secondary N) is 1. The summed E-state index contributed by atoms with van der Waals surface area (Å²) >= 11 is 0. The molecule has 0 bridgehead atoms. The van der Waals surface area contributed by atoms with E-state index in [1.54, 1.807) is 12.1 Å². The van der Waals surface area contributed by atoms with E-state index in [-0.39, 0.29) is 6.04 Å². The number of hydrogen-bond donors (Lipinski definition) is 1. The summed E-state index contributed by atoms with van der Waals surface area (Å²) < 4.78 is 23.2. The van der Waals surface area contributed by atoms with Crippen molar-refractivity contribution in [2.45, 2.75) is 44.0 Å². The van der Waals surface area contributed by atoms with Gasteiger partial charge in [0.15, 0.2) is 9.84 Å². The minimum atomic E-state index is -3.13. The van der Waals surface area contributed by atoms with E-state index >= 15 is 0 Å². The van der Waals surface area contributed by atoms with Crippen molar-refractivity contribution < 1.29 is 8.42 Å². The average molecular weight is 283 g/mol. The van der Waals surface area contributed by atoms with Gasteiger partial charge in [0.25, 0.3) is 0 Å². The first-order valence-corrected chi connectivity index (χ1v) is 8.78. The van der Waals surface area contributed by atoms with Crippen LogP contribution in [-0.2, 0) is 9.84 Å². The molecule has 0 radical (unpaired) electrons. The number of sulfone groups is 1. The van der Waals surface area contributed by atoms with Gasteiger partial charge in [0.2, 0.25) is 0 Å². The largest absolute Gasteiger partial charge is 0.313 e. The Morgan fingerprint density at radius 3 is 2.32 bits per heavy atom. The van der Waals surface area contributed by atoms with Crippen LogP contribution < -0.4 is 5.32 Å². The first kappa shape index (κ1) is 16.2. The van der Waals surface area contributed by atoms with Gasteiger partial charge in [0.05, 0.1) is 4.90 Å². The molecular weight excluding hydrogens is 258 g/mol. The van der Waals surface area contributed by atoms with Gasteiger partial charge < -0.3 is 5.32 Å². The SMILES string of the molecule is CCC(CC)CC(NC)c1cccc(S(C)(=O)=O)c1. The van der Waals surface area contributed by atoms with Crippen molar-refractivity contribution >= 4 is 9.84 Å². The van der Waals surface area contributed by atoms with Gasteiger partial charge in [0.1, 0.15) is 0 Å². The van der Waals surface area contributed by atoms with Crippen molar-refractivity contribution in [3.05, 3.63) is 29.8 Å². The Kier molecular flexibility index (Phi) is 6.01. The van der Waals surface area contributed by atoms with Gasteiger partial charge in [-0.25, -0.2) is 8.42 Å². The van der Waals surface area contributed by atoms with Gasteiger partial charge in [-0.15, -0.1) is 0 Å². The standard InChI is InChI=1S/C15H25NO2S/c1-5-12(6-2)10-15(16-3)13-8-7-9-14(11-13)19(4,17)18/h7-9,11-12,15-16H,5-6,10H2,1-4H3. The Hall–Kier alpha value is -0.870. The van der Waals surface area contributed by atoms with Gasteiger partial charge >= 0.3 is 0 Å². The minimum Gasteiger partial charge on any atom is -0.313 e. The predicted octanol–water partition coefficient (Wildman–Crippen LogP) is 3.18. The fourth-order valence-corrected chi connectivity index (χ4v) is 3.01. The zero-order chi connectivity index (χ0) is 14.5. The highest BCUT2D eigenvalue weighted by atomic mass is 32.2. The van der Waals surface area contributed by atoms with E-state index in [0.29, 0.717) is 10.8 Å². The molecule has 4 heteroatoms. The van der Waals surface area contributed by atoms with Crippen LogP contribution in [0.5, 0.6) is 0 Å². The summed E-state index contributed by atoms with van der Waals surface area (Å²) in [5.41, 5.74) is 1.05. The van der Waals surface area contributed by atoms with Crippen LogP contribution >= 0.6 is 0 Å². The lowest BCUT2D eigenvalue weighted by Gasteiger charge is -2.22. The molecule has 0 aliphatic carbocycles. The van der Waals surface area contributed by atoms with E-state index in [0.717, 1.165) is 24.8 Å². The maximum absolute atomic E-state index is 11.6. The molecule has 0 fully saturated rings. The van der Waals surface area contributed by atoms with Crippen LogP contribution in [0, 0.1) is 5.92 Å². The number of benzene rings is 1. The van der Waals surface area contributed by atoms with Gasteiger partial charge in [-0.05, 0) is 37.1 Å². The number of rotatable bonds is 7. The molecule has 1 atom stereocenters. The molecule has 0 aromatic heterocycles. The molecule has 1 aromatic carbocycles. The van der Waals surface area contributed by atoms with Crippen LogP contribution in [0.25, 0.3) is 0 Å². The van der Waals surface area contributed by atoms with E-state index in [2.05, 4.69) is 19.2 Å². The summed E-state index contributed by atoms with van der Waals surface area (Å²) in [4.78, 5) is 0.398. The molecule has 0 saturated heterocycles. The lowest BCUT2D eigenvalue weighted by atomic mass is 9.91. The lowest BCUT2D eigenvalue weighted by molar-refractivity contribution is 0.385. The first-order valence-electron chi connectivity index (χ1n) is 6.89. The highest BCUT2D eigenvalue weighted by Gasteiger charge is 2.16. The first-order chi connectivity index (χ1) is 8.92. The van der Waals surface area contributed by atoms with Crippen LogP contribution in [0.3, 0.4) is 0 Å². The summed E-state index contributed by atoms with van der Waals surface area (Å²) in [6.45, 7) is 4.40. The zero-order valence-corrected chi connectivity index (χ0v) is 13.1. The third kappa shape index (κ3) is 4.62. The second-order valence-electron chi connectivity index (χ2n) is 5.10. The van der Waals surface area contributed by atoms with Crippen LogP contribution in [0.15, 0.2) is 29.2 Å². The molecule has 1 unspecified atom stereocenters.